The molecule has 2 aromatic rings. The highest BCUT2D eigenvalue weighted by Gasteiger charge is 2.14. The van der Waals surface area contributed by atoms with E-state index in [2.05, 4.69) is 5.32 Å². The van der Waals surface area contributed by atoms with Gasteiger partial charge in [0.1, 0.15) is 11.6 Å². The molecule has 120 valence electrons. The van der Waals surface area contributed by atoms with Crippen LogP contribution in [0.4, 0.5) is 11.4 Å². The van der Waals surface area contributed by atoms with Gasteiger partial charge in [0.25, 0.3) is 11.6 Å². The van der Waals surface area contributed by atoms with Gasteiger partial charge in [0, 0.05) is 11.6 Å². The molecule has 0 aromatic heterocycles. The Morgan fingerprint density at radius 2 is 2.04 bits per heavy atom. The molecule has 2 rings (SSSR count). The number of anilines is 1. The zero-order valence-corrected chi connectivity index (χ0v) is 13.4. The predicted octanol–water partition coefficient (Wildman–Crippen LogP) is 4.10. The molecule has 0 aliphatic carbocycles. The summed E-state index contributed by atoms with van der Waals surface area (Å²) in [7, 11) is 0. The minimum Gasteiger partial charge on any atom is -0.320 e. The molecule has 0 fully saturated rings. The summed E-state index contributed by atoms with van der Waals surface area (Å²) in [4.78, 5) is 22.6. The number of aryl methyl sites for hydroxylation is 1. The molecule has 0 aliphatic heterocycles. The van der Waals surface area contributed by atoms with Crippen molar-refractivity contribution in [2.24, 2.45) is 0 Å². The first kappa shape index (κ1) is 17.2. The van der Waals surface area contributed by atoms with Gasteiger partial charge in [-0.15, -0.1) is 0 Å². The van der Waals surface area contributed by atoms with Crippen molar-refractivity contribution >= 4 is 35.0 Å². The highest BCUT2D eigenvalue weighted by atomic mass is 35.5. The average molecular weight is 342 g/mol. The maximum absolute atomic E-state index is 12.2. The molecular formula is C17H12ClN3O3. The molecule has 0 saturated heterocycles. The van der Waals surface area contributed by atoms with E-state index in [4.69, 9.17) is 11.6 Å². The number of nitrogens with zero attached hydrogens (tertiary/aromatic N) is 2. The van der Waals surface area contributed by atoms with Gasteiger partial charge in [0.2, 0.25) is 0 Å². The Balaban J connectivity index is 2.31. The Kier molecular flexibility index (Phi) is 5.30. The largest absolute Gasteiger partial charge is 0.320 e. The van der Waals surface area contributed by atoms with E-state index in [1.165, 1.54) is 12.1 Å². The first-order chi connectivity index (χ1) is 11.4. The number of carbonyl (C=O) groups excluding carboxylic acids is 1. The van der Waals surface area contributed by atoms with Crippen molar-refractivity contribution in [3.63, 3.8) is 0 Å². The summed E-state index contributed by atoms with van der Waals surface area (Å²) in [6.07, 6.45) is 1.29. The zero-order chi connectivity index (χ0) is 17.7. The number of benzene rings is 2. The number of para-hydroxylation sites is 1. The van der Waals surface area contributed by atoms with Gasteiger partial charge in [-0.25, -0.2) is 0 Å². The normalized spacial score (nSPS) is 10.8. The summed E-state index contributed by atoms with van der Waals surface area (Å²) in [6.45, 7) is 1.61. The number of nitro groups is 1. The van der Waals surface area contributed by atoms with Gasteiger partial charge in [0.05, 0.1) is 15.6 Å². The van der Waals surface area contributed by atoms with Crippen LogP contribution in [0.1, 0.15) is 11.1 Å². The first-order valence-electron chi connectivity index (χ1n) is 6.85. The molecule has 24 heavy (non-hydrogen) atoms. The molecular weight excluding hydrogens is 330 g/mol. The van der Waals surface area contributed by atoms with E-state index in [1.807, 2.05) is 0 Å². The minimum absolute atomic E-state index is 0.0763. The predicted molar refractivity (Wildman–Crippen MR) is 91.5 cm³/mol. The van der Waals surface area contributed by atoms with E-state index in [0.717, 1.165) is 0 Å². The Hall–Kier alpha value is -3.17. The van der Waals surface area contributed by atoms with Gasteiger partial charge < -0.3 is 5.32 Å². The number of nitriles is 1. The number of carbonyl (C=O) groups is 1. The number of amides is 1. The van der Waals surface area contributed by atoms with Crippen LogP contribution in [0.15, 0.2) is 48.0 Å². The summed E-state index contributed by atoms with van der Waals surface area (Å²) in [5.41, 5.74) is 0.996. The minimum atomic E-state index is -0.645. The fourth-order valence-electron chi connectivity index (χ4n) is 1.98. The highest BCUT2D eigenvalue weighted by molar-refractivity contribution is 6.34. The zero-order valence-electron chi connectivity index (χ0n) is 12.6. The average Bonchev–Trinajstić information content (AvgIpc) is 2.55. The lowest BCUT2D eigenvalue weighted by molar-refractivity contribution is -0.385. The van der Waals surface area contributed by atoms with Crippen LogP contribution in [-0.2, 0) is 4.79 Å². The van der Waals surface area contributed by atoms with Crippen molar-refractivity contribution in [1.29, 1.82) is 5.26 Å². The lowest BCUT2D eigenvalue weighted by Gasteiger charge is -2.06. The second-order valence-corrected chi connectivity index (χ2v) is 5.31. The third-order valence-electron chi connectivity index (χ3n) is 3.23. The van der Waals surface area contributed by atoms with Crippen LogP contribution < -0.4 is 5.32 Å². The molecule has 1 N–H and O–H groups in total. The van der Waals surface area contributed by atoms with Crippen LogP contribution in [0.5, 0.6) is 0 Å². The van der Waals surface area contributed by atoms with Crippen molar-refractivity contribution in [2.45, 2.75) is 6.92 Å². The first-order valence-corrected chi connectivity index (χ1v) is 7.23. The number of halogens is 1. The molecule has 6 nitrogen and oxygen atoms in total. The Labute approximate surface area is 143 Å². The summed E-state index contributed by atoms with van der Waals surface area (Å²) >= 11 is 5.96. The number of nitro benzene ring substituents is 1. The van der Waals surface area contributed by atoms with Gasteiger partial charge in [-0.1, -0.05) is 35.9 Å². The molecule has 0 heterocycles. The second kappa shape index (κ2) is 7.40. The lowest BCUT2D eigenvalue weighted by Crippen LogP contribution is -2.13. The molecule has 0 bridgehead atoms. The van der Waals surface area contributed by atoms with Crippen molar-refractivity contribution in [2.75, 3.05) is 5.32 Å². The molecule has 0 unspecified atom stereocenters. The highest BCUT2D eigenvalue weighted by Crippen LogP contribution is 2.23. The van der Waals surface area contributed by atoms with E-state index < -0.39 is 10.8 Å². The SMILES string of the molecule is Cc1ccc(/C=C(\C#N)C(=O)Nc2ccccc2Cl)cc1[N+](=O)[O-]. The van der Waals surface area contributed by atoms with Crippen LogP contribution in [0.25, 0.3) is 6.08 Å². The quantitative estimate of drug-likeness (QED) is 0.392. The molecule has 1 amide bonds. The second-order valence-electron chi connectivity index (χ2n) is 4.91. The standard InChI is InChI=1S/C17H12ClN3O3/c1-11-6-7-12(9-16(11)21(23)24)8-13(10-19)17(22)20-15-5-3-2-4-14(15)18/h2-9H,1H3,(H,20,22)/b13-8+. The smallest absolute Gasteiger partial charge is 0.272 e. The van der Waals surface area contributed by atoms with E-state index in [1.54, 1.807) is 49.4 Å². The number of rotatable bonds is 4. The van der Waals surface area contributed by atoms with E-state index >= 15 is 0 Å². The summed E-state index contributed by atoms with van der Waals surface area (Å²) in [6, 6.07) is 12.9. The van der Waals surface area contributed by atoms with Gasteiger partial charge in [-0.05, 0) is 30.7 Å². The van der Waals surface area contributed by atoms with E-state index in [-0.39, 0.29) is 11.3 Å². The maximum atomic E-state index is 12.2. The number of hydrogen-bond donors (Lipinski definition) is 1. The molecule has 0 atom stereocenters. The van der Waals surface area contributed by atoms with Gasteiger partial charge in [-0.3, -0.25) is 14.9 Å². The third-order valence-corrected chi connectivity index (χ3v) is 3.56. The summed E-state index contributed by atoms with van der Waals surface area (Å²) in [5, 5.41) is 23.0. The Morgan fingerprint density at radius 3 is 2.67 bits per heavy atom. The molecule has 2 aromatic carbocycles. The van der Waals surface area contributed by atoms with Crippen LogP contribution in [0, 0.1) is 28.4 Å². The van der Waals surface area contributed by atoms with Gasteiger partial charge >= 0.3 is 0 Å². The molecule has 0 saturated carbocycles. The molecule has 0 spiro atoms. The maximum Gasteiger partial charge on any atom is 0.272 e. The van der Waals surface area contributed by atoms with Crippen molar-refractivity contribution in [1.82, 2.24) is 0 Å². The molecule has 0 radical (unpaired) electrons. The van der Waals surface area contributed by atoms with Crippen LogP contribution >= 0.6 is 11.6 Å². The topological polar surface area (TPSA) is 96.0 Å². The van der Waals surface area contributed by atoms with Crippen molar-refractivity contribution in [3.05, 3.63) is 74.3 Å². The fraction of sp³-hybridized carbons (Fsp3) is 0.0588. The van der Waals surface area contributed by atoms with E-state index in [9.17, 15) is 20.2 Å². The molecule has 0 aliphatic rings. The third kappa shape index (κ3) is 3.97. The van der Waals surface area contributed by atoms with Crippen molar-refractivity contribution in [3.8, 4) is 6.07 Å². The Morgan fingerprint density at radius 1 is 1.33 bits per heavy atom. The monoisotopic (exact) mass is 341 g/mol. The summed E-state index contributed by atoms with van der Waals surface area (Å²) in [5.74, 6) is -0.645. The van der Waals surface area contributed by atoms with Crippen LogP contribution in [0.2, 0.25) is 5.02 Å². The fourth-order valence-corrected chi connectivity index (χ4v) is 2.16. The molecule has 7 heteroatoms. The van der Waals surface area contributed by atoms with Gasteiger partial charge in [0.15, 0.2) is 0 Å². The van der Waals surface area contributed by atoms with Crippen molar-refractivity contribution < 1.29 is 9.72 Å². The lowest BCUT2D eigenvalue weighted by atomic mass is 10.1. The number of nitrogens with one attached hydrogen (secondary N) is 1. The van der Waals surface area contributed by atoms with Crippen LogP contribution in [0.3, 0.4) is 0 Å². The summed E-state index contributed by atoms with van der Waals surface area (Å²) < 4.78 is 0. The number of hydrogen-bond acceptors (Lipinski definition) is 4. The van der Waals surface area contributed by atoms with Gasteiger partial charge in [-0.2, -0.15) is 5.26 Å². The Bertz CT molecular complexity index is 885. The van der Waals surface area contributed by atoms with E-state index in [0.29, 0.717) is 21.8 Å². The van der Waals surface area contributed by atoms with Crippen LogP contribution in [-0.4, -0.2) is 10.8 Å².